The number of hydrazine groups is 1. The summed E-state index contributed by atoms with van der Waals surface area (Å²) < 4.78 is 31.6. The summed E-state index contributed by atoms with van der Waals surface area (Å²) in [6.07, 6.45) is 2.12. The largest absolute Gasteiger partial charge is 0.394 e. The quantitative estimate of drug-likeness (QED) is 0.279. The van der Waals surface area contributed by atoms with Crippen molar-refractivity contribution < 1.29 is 22.3 Å². The Morgan fingerprint density at radius 2 is 1.46 bits per heavy atom. The summed E-state index contributed by atoms with van der Waals surface area (Å²) in [7, 11) is -4.67. The van der Waals surface area contributed by atoms with Crippen molar-refractivity contribution in [1.82, 2.24) is 5.43 Å². The summed E-state index contributed by atoms with van der Waals surface area (Å²) in [5.74, 6) is 5.28. The number of nitrogens with one attached hydrogen (secondary N) is 2. The van der Waals surface area contributed by atoms with Crippen molar-refractivity contribution in [2.24, 2.45) is 5.84 Å². The van der Waals surface area contributed by atoms with E-state index in [0.717, 1.165) is 25.1 Å². The highest BCUT2D eigenvalue weighted by molar-refractivity contribution is 7.79. The predicted molar refractivity (Wildman–Crippen MR) is 99.9 cm³/mol. The molecule has 0 spiro atoms. The second-order valence-corrected chi connectivity index (χ2v) is 6.28. The molecule has 6 N–H and O–H groups in total. The number of amides is 1. The number of aryl methyl sites for hydroxylation is 1. The fourth-order valence-corrected chi connectivity index (χ4v) is 2.10. The summed E-state index contributed by atoms with van der Waals surface area (Å²) in [6.45, 7) is 0.739. The van der Waals surface area contributed by atoms with Gasteiger partial charge in [-0.05, 0) is 36.1 Å². The lowest BCUT2D eigenvalue weighted by Crippen LogP contribution is -2.24. The molecule has 0 heterocycles. The molecule has 0 bridgehead atoms. The lowest BCUT2D eigenvalue weighted by atomic mass is 10.1. The van der Waals surface area contributed by atoms with Crippen LogP contribution in [-0.4, -0.2) is 30.0 Å². The van der Waals surface area contributed by atoms with Gasteiger partial charge in [-0.25, -0.2) is 0 Å². The number of carbonyl (C=O) groups excluding carboxylic acids is 1. The molecule has 2 aromatic rings. The highest BCUT2D eigenvalue weighted by atomic mass is 32.3. The van der Waals surface area contributed by atoms with Crippen LogP contribution >= 0.6 is 0 Å². The van der Waals surface area contributed by atoms with Gasteiger partial charge in [0.05, 0.1) is 0 Å². The minimum Gasteiger partial charge on any atom is -0.326 e. The molecule has 2 aromatic carbocycles. The van der Waals surface area contributed by atoms with E-state index in [1.54, 1.807) is 0 Å². The second kappa shape index (κ2) is 11.3. The SMILES string of the molecule is NNCCc1ccc(NC(=O)CCc2ccccc2)cc1.O=S(=O)(O)O. The number of nitrogens with two attached hydrogens (primary N) is 1. The smallest absolute Gasteiger partial charge is 0.326 e. The minimum absolute atomic E-state index is 0.0372. The van der Waals surface area contributed by atoms with Gasteiger partial charge in [0, 0.05) is 18.7 Å². The first-order chi connectivity index (χ1) is 12.3. The van der Waals surface area contributed by atoms with E-state index in [1.807, 2.05) is 54.6 Å². The van der Waals surface area contributed by atoms with Crippen molar-refractivity contribution in [1.29, 1.82) is 0 Å². The number of hydrogen-bond donors (Lipinski definition) is 5. The van der Waals surface area contributed by atoms with E-state index in [2.05, 4.69) is 10.7 Å². The zero-order valence-electron chi connectivity index (χ0n) is 14.1. The highest BCUT2D eigenvalue weighted by Crippen LogP contribution is 2.11. The van der Waals surface area contributed by atoms with Crippen LogP contribution in [0.15, 0.2) is 54.6 Å². The van der Waals surface area contributed by atoms with Crippen LogP contribution in [0.4, 0.5) is 5.69 Å². The van der Waals surface area contributed by atoms with E-state index >= 15 is 0 Å². The van der Waals surface area contributed by atoms with Crippen LogP contribution in [0.25, 0.3) is 0 Å². The first-order valence-electron chi connectivity index (χ1n) is 7.84. The average Bonchev–Trinajstić information content (AvgIpc) is 2.59. The third kappa shape index (κ3) is 11.3. The van der Waals surface area contributed by atoms with Crippen molar-refractivity contribution in [3.8, 4) is 0 Å². The summed E-state index contributed by atoms with van der Waals surface area (Å²) in [6, 6.07) is 17.9. The van der Waals surface area contributed by atoms with Crippen molar-refractivity contribution in [2.75, 3.05) is 11.9 Å². The van der Waals surface area contributed by atoms with Crippen molar-refractivity contribution in [3.05, 3.63) is 65.7 Å². The van der Waals surface area contributed by atoms with Crippen LogP contribution < -0.4 is 16.6 Å². The Balaban J connectivity index is 0.000000597. The van der Waals surface area contributed by atoms with E-state index in [1.165, 1.54) is 11.1 Å². The summed E-state index contributed by atoms with van der Waals surface area (Å²) >= 11 is 0. The maximum Gasteiger partial charge on any atom is 0.394 e. The average molecular weight is 381 g/mol. The van der Waals surface area contributed by atoms with Crippen LogP contribution in [-0.2, 0) is 28.0 Å². The van der Waals surface area contributed by atoms with Gasteiger partial charge in [0.1, 0.15) is 0 Å². The third-order valence-electron chi connectivity index (χ3n) is 3.28. The van der Waals surface area contributed by atoms with Gasteiger partial charge in [-0.15, -0.1) is 0 Å². The molecular formula is C17H23N3O5S. The molecule has 0 aliphatic heterocycles. The summed E-state index contributed by atoms with van der Waals surface area (Å²) in [5, 5.41) is 2.92. The molecule has 0 aliphatic rings. The Hall–Kier alpha value is -2.30. The third-order valence-corrected chi connectivity index (χ3v) is 3.28. The molecule has 0 fully saturated rings. The number of benzene rings is 2. The molecule has 9 heteroatoms. The topological polar surface area (TPSA) is 142 Å². The first kappa shape index (κ1) is 21.7. The maximum absolute atomic E-state index is 11.9. The van der Waals surface area contributed by atoms with Crippen LogP contribution in [0, 0.1) is 0 Å². The number of hydrogen-bond acceptors (Lipinski definition) is 5. The Bertz CT molecular complexity index is 757. The predicted octanol–water partition coefficient (Wildman–Crippen LogP) is 1.61. The van der Waals surface area contributed by atoms with Crippen LogP contribution in [0.1, 0.15) is 17.5 Å². The lowest BCUT2D eigenvalue weighted by molar-refractivity contribution is -0.116. The van der Waals surface area contributed by atoms with Gasteiger partial charge >= 0.3 is 10.4 Å². The van der Waals surface area contributed by atoms with Gasteiger partial charge in [-0.3, -0.25) is 25.2 Å². The van der Waals surface area contributed by atoms with Crippen molar-refractivity contribution >= 4 is 22.0 Å². The Morgan fingerprint density at radius 3 is 2.00 bits per heavy atom. The monoisotopic (exact) mass is 381 g/mol. The summed E-state index contributed by atoms with van der Waals surface area (Å²) in [5.41, 5.74) is 5.82. The maximum atomic E-state index is 11.9. The molecule has 0 atom stereocenters. The summed E-state index contributed by atoms with van der Waals surface area (Å²) in [4.78, 5) is 11.9. The molecule has 0 saturated heterocycles. The van der Waals surface area contributed by atoms with Gasteiger partial charge < -0.3 is 5.32 Å². The molecule has 0 aromatic heterocycles. The minimum atomic E-state index is -4.67. The molecule has 2 rings (SSSR count). The van der Waals surface area contributed by atoms with Crippen molar-refractivity contribution in [2.45, 2.75) is 19.3 Å². The van der Waals surface area contributed by atoms with Gasteiger partial charge in [0.25, 0.3) is 0 Å². The van der Waals surface area contributed by atoms with E-state index in [-0.39, 0.29) is 5.91 Å². The van der Waals surface area contributed by atoms with Crippen LogP contribution in [0.3, 0.4) is 0 Å². The van der Waals surface area contributed by atoms with Crippen LogP contribution in [0.5, 0.6) is 0 Å². The van der Waals surface area contributed by atoms with Gasteiger partial charge in [-0.2, -0.15) is 8.42 Å². The van der Waals surface area contributed by atoms with Crippen molar-refractivity contribution in [3.63, 3.8) is 0 Å². The molecule has 0 saturated carbocycles. The molecular weight excluding hydrogens is 358 g/mol. The molecule has 142 valence electrons. The zero-order valence-corrected chi connectivity index (χ0v) is 14.9. The molecule has 8 nitrogen and oxygen atoms in total. The molecule has 1 amide bonds. The van der Waals surface area contributed by atoms with E-state index in [4.69, 9.17) is 23.4 Å². The standard InChI is InChI=1S/C17H21N3O.H2O4S/c18-19-13-12-15-6-9-16(10-7-15)20-17(21)11-8-14-4-2-1-3-5-14;1-5(2,3)4/h1-7,9-10,19H,8,11-13,18H2,(H,20,21);(H2,1,2,3,4). The van der Waals surface area contributed by atoms with Gasteiger partial charge in [0.15, 0.2) is 0 Å². The molecule has 0 unspecified atom stereocenters. The molecule has 0 aliphatic carbocycles. The Labute approximate surface area is 153 Å². The lowest BCUT2D eigenvalue weighted by Gasteiger charge is -2.07. The molecule has 0 radical (unpaired) electrons. The Morgan fingerprint density at radius 1 is 0.923 bits per heavy atom. The fraction of sp³-hybridized carbons (Fsp3) is 0.235. The van der Waals surface area contributed by atoms with E-state index in [9.17, 15) is 4.79 Å². The first-order valence-corrected chi connectivity index (χ1v) is 9.23. The number of carbonyl (C=O) groups is 1. The second-order valence-electron chi connectivity index (χ2n) is 5.38. The van der Waals surface area contributed by atoms with E-state index < -0.39 is 10.4 Å². The van der Waals surface area contributed by atoms with Crippen LogP contribution in [0.2, 0.25) is 0 Å². The van der Waals surface area contributed by atoms with Gasteiger partial charge in [-0.1, -0.05) is 42.5 Å². The number of anilines is 1. The Kier molecular flexibility index (Phi) is 9.48. The molecule has 26 heavy (non-hydrogen) atoms. The van der Waals surface area contributed by atoms with Gasteiger partial charge in [0.2, 0.25) is 5.91 Å². The zero-order chi connectivity index (χ0) is 19.4. The normalized spacial score (nSPS) is 10.6. The fourth-order valence-electron chi connectivity index (χ4n) is 2.10. The number of rotatable bonds is 7. The van der Waals surface area contributed by atoms with E-state index in [0.29, 0.717) is 6.42 Å². The highest BCUT2D eigenvalue weighted by Gasteiger charge is 2.03.